The second-order valence-corrected chi connectivity index (χ2v) is 7.72. The van der Waals surface area contributed by atoms with Gasteiger partial charge in [0.25, 0.3) is 5.78 Å². The standard InChI is InChI=1S/C21H26FN5O3/c1-14(2)20-24-21(30-25-20)27-8-6-15(7-9-27)26(3)10-11-29-16-4-5-17(18(22)12-16)19(28)13-23/h4-5,12,14-15H,6-11H2,1-3H3. The second kappa shape index (κ2) is 9.67. The number of nitriles is 1. The Morgan fingerprint density at radius 3 is 2.77 bits per heavy atom. The van der Waals surface area contributed by atoms with Gasteiger partial charge in [0.15, 0.2) is 5.82 Å². The SMILES string of the molecule is CC(C)c1noc(N2CCC(N(C)CCOc3ccc(C(=O)C#N)c(F)c3)CC2)n1. The summed E-state index contributed by atoms with van der Waals surface area (Å²) in [5.74, 6) is -0.347. The number of carbonyl (C=O) groups excluding carboxylic acids is 1. The number of halogens is 1. The molecule has 0 amide bonds. The van der Waals surface area contributed by atoms with Crippen LogP contribution in [0, 0.1) is 17.1 Å². The summed E-state index contributed by atoms with van der Waals surface area (Å²) in [5.41, 5.74) is -0.240. The van der Waals surface area contributed by atoms with E-state index >= 15 is 0 Å². The molecule has 2 heterocycles. The quantitative estimate of drug-likeness (QED) is 0.480. The first-order valence-electron chi connectivity index (χ1n) is 10.0. The maximum atomic E-state index is 13.9. The topological polar surface area (TPSA) is 95.5 Å². The Morgan fingerprint density at radius 1 is 1.43 bits per heavy atom. The van der Waals surface area contributed by atoms with Gasteiger partial charge in [-0.1, -0.05) is 19.0 Å². The van der Waals surface area contributed by atoms with E-state index in [0.29, 0.717) is 31.0 Å². The van der Waals surface area contributed by atoms with E-state index < -0.39 is 11.6 Å². The third-order valence-electron chi connectivity index (χ3n) is 5.31. The van der Waals surface area contributed by atoms with Crippen LogP contribution in [0.5, 0.6) is 5.75 Å². The predicted molar refractivity (Wildman–Crippen MR) is 108 cm³/mol. The summed E-state index contributed by atoms with van der Waals surface area (Å²) in [6.07, 6.45) is 1.94. The Balaban J connectivity index is 1.44. The lowest BCUT2D eigenvalue weighted by molar-refractivity contribution is 0.105. The maximum Gasteiger partial charge on any atom is 0.324 e. The third kappa shape index (κ3) is 5.13. The zero-order valence-electron chi connectivity index (χ0n) is 17.5. The number of ketones is 1. The van der Waals surface area contributed by atoms with E-state index in [2.05, 4.69) is 19.9 Å². The molecule has 0 saturated carbocycles. The van der Waals surface area contributed by atoms with Crippen molar-refractivity contribution in [1.29, 1.82) is 5.26 Å². The third-order valence-corrected chi connectivity index (χ3v) is 5.31. The predicted octanol–water partition coefficient (Wildman–Crippen LogP) is 3.02. The Hall–Kier alpha value is -2.99. The van der Waals surface area contributed by atoms with Gasteiger partial charge in [-0.3, -0.25) is 9.69 Å². The highest BCUT2D eigenvalue weighted by Gasteiger charge is 2.25. The van der Waals surface area contributed by atoms with Gasteiger partial charge in [0, 0.05) is 37.7 Å². The molecule has 0 atom stereocenters. The smallest absolute Gasteiger partial charge is 0.324 e. The second-order valence-electron chi connectivity index (χ2n) is 7.72. The molecule has 1 aliphatic rings. The number of hydrogen-bond acceptors (Lipinski definition) is 8. The molecule has 1 aromatic heterocycles. The lowest BCUT2D eigenvalue weighted by Gasteiger charge is -2.35. The molecule has 0 unspecified atom stereocenters. The molecule has 9 heteroatoms. The number of likely N-dealkylation sites (N-methyl/N-ethyl adjacent to an activating group) is 1. The molecule has 0 N–H and O–H groups in total. The van der Waals surface area contributed by atoms with Crippen LogP contribution in [0.25, 0.3) is 0 Å². The summed E-state index contributed by atoms with van der Waals surface area (Å²) in [7, 11) is 2.04. The number of anilines is 1. The van der Waals surface area contributed by atoms with Crippen LogP contribution in [0.3, 0.4) is 0 Å². The highest BCUT2D eigenvalue weighted by Crippen LogP contribution is 2.22. The van der Waals surface area contributed by atoms with E-state index in [1.54, 1.807) is 0 Å². The minimum Gasteiger partial charge on any atom is -0.492 e. The van der Waals surface area contributed by atoms with Gasteiger partial charge in [0.1, 0.15) is 24.2 Å². The Kier molecular flexibility index (Phi) is 7.00. The van der Waals surface area contributed by atoms with Crippen LogP contribution in [-0.2, 0) is 0 Å². The largest absolute Gasteiger partial charge is 0.492 e. The molecule has 0 spiro atoms. The van der Waals surface area contributed by atoms with E-state index in [-0.39, 0.29) is 11.5 Å². The minimum atomic E-state index is -0.897. The monoisotopic (exact) mass is 415 g/mol. The first-order valence-corrected chi connectivity index (χ1v) is 10.0. The zero-order valence-corrected chi connectivity index (χ0v) is 17.5. The molecule has 0 radical (unpaired) electrons. The van der Waals surface area contributed by atoms with Gasteiger partial charge in [-0.15, -0.1) is 0 Å². The minimum absolute atomic E-state index is 0.239. The Morgan fingerprint density at radius 2 is 2.17 bits per heavy atom. The van der Waals surface area contributed by atoms with E-state index in [1.807, 2.05) is 20.9 Å². The first kappa shape index (κ1) is 21.7. The molecule has 1 saturated heterocycles. The van der Waals surface area contributed by atoms with Crippen molar-refractivity contribution in [3.63, 3.8) is 0 Å². The van der Waals surface area contributed by atoms with Gasteiger partial charge in [-0.05, 0) is 32.0 Å². The fraction of sp³-hybridized carbons (Fsp3) is 0.524. The molecule has 1 aromatic carbocycles. The van der Waals surface area contributed by atoms with Crippen molar-refractivity contribution in [2.24, 2.45) is 0 Å². The molecule has 1 aliphatic heterocycles. The molecule has 3 rings (SSSR count). The molecular formula is C21H26FN5O3. The summed E-state index contributed by atoms with van der Waals surface area (Å²) in [6.45, 7) is 6.83. The van der Waals surface area contributed by atoms with Gasteiger partial charge >= 0.3 is 6.01 Å². The molecule has 0 aliphatic carbocycles. The van der Waals surface area contributed by atoms with Crippen LogP contribution in [0.1, 0.15) is 48.8 Å². The van der Waals surface area contributed by atoms with E-state index in [0.717, 1.165) is 37.8 Å². The number of hydrogen-bond donors (Lipinski definition) is 0. The molecular weight excluding hydrogens is 389 g/mol. The molecule has 30 heavy (non-hydrogen) atoms. The van der Waals surface area contributed by atoms with Crippen LogP contribution >= 0.6 is 0 Å². The summed E-state index contributed by atoms with van der Waals surface area (Å²) in [5, 5.41) is 12.6. The average molecular weight is 415 g/mol. The van der Waals surface area contributed by atoms with Crippen LogP contribution in [0.2, 0.25) is 0 Å². The van der Waals surface area contributed by atoms with Crippen molar-refractivity contribution in [1.82, 2.24) is 15.0 Å². The lowest BCUT2D eigenvalue weighted by atomic mass is 10.0. The highest BCUT2D eigenvalue weighted by molar-refractivity contribution is 6.07. The van der Waals surface area contributed by atoms with Gasteiger partial charge < -0.3 is 14.2 Å². The normalized spacial score (nSPS) is 14.9. The molecule has 8 nitrogen and oxygen atoms in total. The van der Waals surface area contributed by atoms with Crippen molar-refractivity contribution >= 4 is 11.8 Å². The van der Waals surface area contributed by atoms with Crippen LogP contribution in [0.15, 0.2) is 22.7 Å². The number of carbonyl (C=O) groups is 1. The average Bonchev–Trinajstić information content (AvgIpc) is 3.24. The van der Waals surface area contributed by atoms with Gasteiger partial charge in [-0.2, -0.15) is 10.2 Å². The fourth-order valence-electron chi connectivity index (χ4n) is 3.41. The van der Waals surface area contributed by atoms with Crippen molar-refractivity contribution < 1.29 is 18.4 Å². The van der Waals surface area contributed by atoms with E-state index in [4.69, 9.17) is 14.5 Å². The highest BCUT2D eigenvalue weighted by atomic mass is 19.1. The van der Waals surface area contributed by atoms with Crippen molar-refractivity contribution in [2.45, 2.75) is 38.6 Å². The van der Waals surface area contributed by atoms with Crippen LogP contribution in [-0.4, -0.2) is 60.2 Å². The van der Waals surface area contributed by atoms with E-state index in [9.17, 15) is 9.18 Å². The Labute approximate surface area is 175 Å². The van der Waals surface area contributed by atoms with Gasteiger partial charge in [0.2, 0.25) is 0 Å². The summed E-state index contributed by atoms with van der Waals surface area (Å²) >= 11 is 0. The number of piperidine rings is 1. The van der Waals surface area contributed by atoms with Crippen LogP contribution < -0.4 is 9.64 Å². The van der Waals surface area contributed by atoms with E-state index in [1.165, 1.54) is 18.2 Å². The van der Waals surface area contributed by atoms with Crippen molar-refractivity contribution in [3.8, 4) is 11.8 Å². The number of nitrogens with zero attached hydrogens (tertiary/aromatic N) is 5. The zero-order chi connectivity index (χ0) is 21.7. The fourth-order valence-corrected chi connectivity index (χ4v) is 3.41. The number of Topliss-reactive ketones (excluding diaryl/α,β-unsaturated/α-hetero) is 1. The lowest BCUT2D eigenvalue weighted by Crippen LogP contribution is -2.44. The Bertz CT molecular complexity index is 916. The number of benzene rings is 1. The first-order chi connectivity index (χ1) is 14.4. The van der Waals surface area contributed by atoms with Crippen LogP contribution in [0.4, 0.5) is 10.4 Å². The van der Waals surface area contributed by atoms with Gasteiger partial charge in [-0.25, -0.2) is 4.39 Å². The molecule has 160 valence electrons. The van der Waals surface area contributed by atoms with Crippen molar-refractivity contribution in [3.05, 3.63) is 35.4 Å². The van der Waals surface area contributed by atoms with Crippen molar-refractivity contribution in [2.75, 3.05) is 38.2 Å². The van der Waals surface area contributed by atoms with Gasteiger partial charge in [0.05, 0.1) is 5.56 Å². The summed E-state index contributed by atoms with van der Waals surface area (Å²) < 4.78 is 24.9. The molecule has 0 bridgehead atoms. The number of aromatic nitrogens is 2. The number of rotatable bonds is 8. The number of ether oxygens (including phenoxy) is 1. The molecule has 2 aromatic rings. The maximum absolute atomic E-state index is 13.9. The molecule has 1 fully saturated rings. The summed E-state index contributed by atoms with van der Waals surface area (Å²) in [6, 6.07) is 6.32. The summed E-state index contributed by atoms with van der Waals surface area (Å²) in [4.78, 5) is 20.1.